The summed E-state index contributed by atoms with van der Waals surface area (Å²) < 4.78 is 4.70. The number of nitrogens with zero attached hydrogens (tertiary/aromatic N) is 1. The summed E-state index contributed by atoms with van der Waals surface area (Å²) in [6, 6.07) is 0. The molecule has 0 aromatic heterocycles. The first kappa shape index (κ1) is 12.9. The molecule has 0 aliphatic heterocycles. The lowest BCUT2D eigenvalue weighted by atomic mass is 10.4. The summed E-state index contributed by atoms with van der Waals surface area (Å²) in [4.78, 5) is 23.1. The van der Waals surface area contributed by atoms with Crippen LogP contribution in [0.4, 0.5) is 0 Å². The minimum Gasteiger partial charge on any atom is -0.480 e. The second-order valence-electron chi connectivity index (χ2n) is 2.86. The summed E-state index contributed by atoms with van der Waals surface area (Å²) in [6.45, 7) is 4.60. The third kappa shape index (κ3) is 5.53. The molecule has 0 spiro atoms. The first-order valence-electron chi connectivity index (χ1n) is 4.69. The van der Waals surface area contributed by atoms with Crippen molar-refractivity contribution in [3.05, 3.63) is 0 Å². The molecule has 0 radical (unpaired) electrons. The minimum atomic E-state index is -1.06. The lowest BCUT2D eigenvalue weighted by Gasteiger charge is -2.19. The zero-order chi connectivity index (χ0) is 11.0. The van der Waals surface area contributed by atoms with E-state index in [1.807, 2.05) is 13.8 Å². The molecule has 0 aliphatic carbocycles. The highest BCUT2D eigenvalue weighted by atomic mass is 16.5. The van der Waals surface area contributed by atoms with Crippen LogP contribution in [0.2, 0.25) is 0 Å². The van der Waals surface area contributed by atoms with Gasteiger partial charge in [0.05, 0.1) is 0 Å². The van der Waals surface area contributed by atoms with E-state index in [0.717, 1.165) is 6.42 Å². The summed E-state index contributed by atoms with van der Waals surface area (Å²) in [7, 11) is 0. The Bertz CT molecular complexity index is 193. The van der Waals surface area contributed by atoms with Crippen molar-refractivity contribution in [2.75, 3.05) is 26.3 Å². The van der Waals surface area contributed by atoms with Crippen molar-refractivity contribution in [1.29, 1.82) is 0 Å². The number of carboxylic acid groups (broad SMARTS) is 1. The van der Waals surface area contributed by atoms with Gasteiger partial charge in [-0.05, 0) is 13.3 Å². The lowest BCUT2D eigenvalue weighted by molar-refractivity contribution is -0.145. The van der Waals surface area contributed by atoms with Gasteiger partial charge in [-0.15, -0.1) is 0 Å². The molecule has 0 atom stereocenters. The van der Waals surface area contributed by atoms with Gasteiger partial charge in [0, 0.05) is 13.1 Å². The molecular weight excluding hydrogens is 186 g/mol. The molecule has 5 heteroatoms. The number of carbonyl (C=O) groups is 2. The van der Waals surface area contributed by atoms with Crippen LogP contribution in [0.25, 0.3) is 0 Å². The quantitative estimate of drug-likeness (QED) is 0.648. The number of aliphatic carboxylic acids is 1. The summed E-state index contributed by atoms with van der Waals surface area (Å²) >= 11 is 0. The van der Waals surface area contributed by atoms with Crippen LogP contribution in [0.1, 0.15) is 20.3 Å². The van der Waals surface area contributed by atoms with Gasteiger partial charge < -0.3 is 14.7 Å². The highest BCUT2D eigenvalue weighted by Gasteiger charge is 2.10. The van der Waals surface area contributed by atoms with E-state index in [4.69, 9.17) is 9.84 Å². The predicted octanol–water partition coefficient (Wildman–Crippen LogP) is 0.346. The maximum atomic E-state index is 11.4. The van der Waals surface area contributed by atoms with Crippen LogP contribution in [0, 0.1) is 0 Å². The summed E-state index contributed by atoms with van der Waals surface area (Å²) in [5.41, 5.74) is 0. The normalized spacial score (nSPS) is 9.86. The third-order valence-corrected chi connectivity index (χ3v) is 1.68. The van der Waals surface area contributed by atoms with Crippen molar-refractivity contribution in [2.24, 2.45) is 0 Å². The van der Waals surface area contributed by atoms with Crippen LogP contribution in [0.3, 0.4) is 0 Å². The SMILES string of the molecule is CCCN(CC)C(=O)COCC(=O)O. The number of rotatable bonds is 7. The van der Waals surface area contributed by atoms with E-state index < -0.39 is 12.6 Å². The largest absolute Gasteiger partial charge is 0.480 e. The Morgan fingerprint density at radius 2 is 1.93 bits per heavy atom. The van der Waals surface area contributed by atoms with Crippen molar-refractivity contribution < 1.29 is 19.4 Å². The van der Waals surface area contributed by atoms with Crippen molar-refractivity contribution in [3.8, 4) is 0 Å². The lowest BCUT2D eigenvalue weighted by Crippen LogP contribution is -2.34. The van der Waals surface area contributed by atoms with Gasteiger partial charge in [0.2, 0.25) is 5.91 Å². The zero-order valence-corrected chi connectivity index (χ0v) is 8.65. The Hall–Kier alpha value is -1.10. The zero-order valence-electron chi connectivity index (χ0n) is 8.65. The molecule has 0 rings (SSSR count). The van der Waals surface area contributed by atoms with Crippen LogP contribution in [-0.4, -0.2) is 48.2 Å². The fourth-order valence-electron chi connectivity index (χ4n) is 1.05. The number of carbonyl (C=O) groups excluding carboxylic acids is 1. The van der Waals surface area contributed by atoms with Crippen LogP contribution in [0.5, 0.6) is 0 Å². The number of carboxylic acids is 1. The number of hydrogen-bond acceptors (Lipinski definition) is 3. The van der Waals surface area contributed by atoms with E-state index in [2.05, 4.69) is 0 Å². The molecule has 0 saturated carbocycles. The van der Waals surface area contributed by atoms with Crippen LogP contribution < -0.4 is 0 Å². The van der Waals surface area contributed by atoms with Crippen molar-refractivity contribution in [1.82, 2.24) is 4.90 Å². The van der Waals surface area contributed by atoms with Gasteiger partial charge in [0.1, 0.15) is 13.2 Å². The van der Waals surface area contributed by atoms with Gasteiger partial charge in [-0.3, -0.25) is 4.79 Å². The average Bonchev–Trinajstić information content (AvgIpc) is 2.13. The molecular formula is C9H17NO4. The number of hydrogen-bond donors (Lipinski definition) is 1. The topological polar surface area (TPSA) is 66.8 Å². The molecule has 1 amide bonds. The fourth-order valence-corrected chi connectivity index (χ4v) is 1.05. The fraction of sp³-hybridized carbons (Fsp3) is 0.778. The van der Waals surface area contributed by atoms with Crippen LogP contribution >= 0.6 is 0 Å². The van der Waals surface area contributed by atoms with Crippen molar-refractivity contribution in [3.63, 3.8) is 0 Å². The van der Waals surface area contributed by atoms with Gasteiger partial charge >= 0.3 is 5.97 Å². The molecule has 14 heavy (non-hydrogen) atoms. The van der Waals surface area contributed by atoms with E-state index in [1.54, 1.807) is 4.90 Å². The van der Waals surface area contributed by atoms with Gasteiger partial charge in [-0.1, -0.05) is 6.92 Å². The second kappa shape index (κ2) is 7.32. The Labute approximate surface area is 83.6 Å². The number of likely N-dealkylation sites (N-methyl/N-ethyl adjacent to an activating group) is 1. The Kier molecular flexibility index (Phi) is 6.74. The second-order valence-corrected chi connectivity index (χ2v) is 2.86. The van der Waals surface area contributed by atoms with E-state index >= 15 is 0 Å². The summed E-state index contributed by atoms with van der Waals surface area (Å²) in [6.07, 6.45) is 0.887. The molecule has 0 aromatic carbocycles. The van der Waals surface area contributed by atoms with E-state index in [1.165, 1.54) is 0 Å². The third-order valence-electron chi connectivity index (χ3n) is 1.68. The Balaban J connectivity index is 3.74. The predicted molar refractivity (Wildman–Crippen MR) is 51.0 cm³/mol. The number of amides is 1. The molecule has 0 aromatic rings. The smallest absolute Gasteiger partial charge is 0.329 e. The van der Waals surface area contributed by atoms with Crippen molar-refractivity contribution >= 4 is 11.9 Å². The Morgan fingerprint density at radius 3 is 2.36 bits per heavy atom. The van der Waals surface area contributed by atoms with Gasteiger partial charge in [0.25, 0.3) is 0 Å². The maximum absolute atomic E-state index is 11.4. The number of ether oxygens (including phenoxy) is 1. The Morgan fingerprint density at radius 1 is 1.29 bits per heavy atom. The van der Waals surface area contributed by atoms with Gasteiger partial charge in [-0.2, -0.15) is 0 Å². The van der Waals surface area contributed by atoms with Crippen molar-refractivity contribution in [2.45, 2.75) is 20.3 Å². The monoisotopic (exact) mass is 203 g/mol. The molecule has 0 unspecified atom stereocenters. The molecule has 0 heterocycles. The molecule has 0 aliphatic rings. The molecule has 1 N–H and O–H groups in total. The first-order valence-corrected chi connectivity index (χ1v) is 4.69. The van der Waals surface area contributed by atoms with E-state index in [9.17, 15) is 9.59 Å². The molecule has 0 saturated heterocycles. The maximum Gasteiger partial charge on any atom is 0.329 e. The first-order chi connectivity index (χ1) is 6.61. The molecule has 0 bridgehead atoms. The molecule has 0 fully saturated rings. The van der Waals surface area contributed by atoms with E-state index in [0.29, 0.717) is 13.1 Å². The summed E-state index contributed by atoms with van der Waals surface area (Å²) in [5, 5.41) is 8.28. The summed E-state index contributed by atoms with van der Waals surface area (Å²) in [5.74, 6) is -1.22. The average molecular weight is 203 g/mol. The highest BCUT2D eigenvalue weighted by Crippen LogP contribution is 1.93. The molecule has 82 valence electrons. The van der Waals surface area contributed by atoms with Crippen LogP contribution in [-0.2, 0) is 14.3 Å². The van der Waals surface area contributed by atoms with Crippen LogP contribution in [0.15, 0.2) is 0 Å². The molecule has 5 nitrogen and oxygen atoms in total. The van der Waals surface area contributed by atoms with Gasteiger partial charge in [0.15, 0.2) is 0 Å². The van der Waals surface area contributed by atoms with E-state index in [-0.39, 0.29) is 12.5 Å². The highest BCUT2D eigenvalue weighted by molar-refractivity contribution is 5.77. The minimum absolute atomic E-state index is 0.153. The van der Waals surface area contributed by atoms with Gasteiger partial charge in [-0.25, -0.2) is 4.79 Å². The standard InChI is InChI=1S/C9H17NO4/c1-3-5-10(4-2)8(11)6-14-7-9(12)13/h3-7H2,1-2H3,(H,12,13).